The molecule has 72 valence electrons. The highest BCUT2D eigenvalue weighted by molar-refractivity contribution is 9.10. The molecule has 1 fully saturated rings. The third-order valence-corrected chi connectivity index (χ3v) is 3.32. The number of nitrogens with zero attached hydrogens (tertiary/aromatic N) is 1. The van der Waals surface area contributed by atoms with Gasteiger partial charge in [0.25, 0.3) is 0 Å². The lowest BCUT2D eigenvalue weighted by molar-refractivity contribution is 0.411. The van der Waals surface area contributed by atoms with E-state index in [1.165, 1.54) is 0 Å². The molecule has 0 aliphatic heterocycles. The smallest absolute Gasteiger partial charge is 0.133 e. The van der Waals surface area contributed by atoms with Crippen LogP contribution in [0.15, 0.2) is 22.7 Å². The Morgan fingerprint density at radius 2 is 2.21 bits per heavy atom. The van der Waals surface area contributed by atoms with E-state index in [9.17, 15) is 0 Å². The van der Waals surface area contributed by atoms with Gasteiger partial charge in [-0.1, -0.05) is 6.07 Å². The molecule has 0 saturated heterocycles. The van der Waals surface area contributed by atoms with Gasteiger partial charge in [0.05, 0.1) is 23.1 Å². The van der Waals surface area contributed by atoms with Gasteiger partial charge in [-0.2, -0.15) is 5.26 Å². The zero-order valence-electron chi connectivity index (χ0n) is 7.88. The number of methoxy groups -OCH3 is 1. The van der Waals surface area contributed by atoms with Crippen LogP contribution in [0.1, 0.15) is 18.4 Å². The summed E-state index contributed by atoms with van der Waals surface area (Å²) in [7, 11) is 1.63. The van der Waals surface area contributed by atoms with Crippen LogP contribution in [-0.2, 0) is 5.41 Å². The van der Waals surface area contributed by atoms with Crippen molar-refractivity contribution < 1.29 is 4.74 Å². The number of ether oxygens (including phenoxy) is 1. The van der Waals surface area contributed by atoms with Crippen LogP contribution in [0.3, 0.4) is 0 Å². The van der Waals surface area contributed by atoms with Gasteiger partial charge >= 0.3 is 0 Å². The third kappa shape index (κ3) is 1.40. The number of hydrogen-bond donors (Lipinski definition) is 0. The van der Waals surface area contributed by atoms with E-state index >= 15 is 0 Å². The molecule has 14 heavy (non-hydrogen) atoms. The average molecular weight is 252 g/mol. The van der Waals surface area contributed by atoms with Crippen molar-refractivity contribution in [3.63, 3.8) is 0 Å². The highest BCUT2D eigenvalue weighted by Crippen LogP contribution is 2.48. The van der Waals surface area contributed by atoms with Crippen LogP contribution in [0.25, 0.3) is 0 Å². The van der Waals surface area contributed by atoms with E-state index in [2.05, 4.69) is 22.0 Å². The molecule has 1 aliphatic rings. The fraction of sp³-hybridized carbons (Fsp3) is 0.364. The zero-order chi connectivity index (χ0) is 10.2. The van der Waals surface area contributed by atoms with E-state index in [0.29, 0.717) is 0 Å². The van der Waals surface area contributed by atoms with Crippen LogP contribution in [0.4, 0.5) is 0 Å². The second kappa shape index (κ2) is 3.29. The van der Waals surface area contributed by atoms with E-state index in [-0.39, 0.29) is 5.41 Å². The van der Waals surface area contributed by atoms with Crippen molar-refractivity contribution in [1.29, 1.82) is 5.26 Å². The molecule has 2 rings (SSSR count). The molecule has 0 heterocycles. The Bertz CT molecular complexity index is 404. The van der Waals surface area contributed by atoms with Crippen LogP contribution in [-0.4, -0.2) is 7.11 Å². The highest BCUT2D eigenvalue weighted by Gasteiger charge is 2.45. The Morgan fingerprint density at radius 1 is 1.50 bits per heavy atom. The fourth-order valence-electron chi connectivity index (χ4n) is 1.55. The van der Waals surface area contributed by atoms with Crippen LogP contribution in [0.5, 0.6) is 5.75 Å². The van der Waals surface area contributed by atoms with Crippen molar-refractivity contribution in [2.45, 2.75) is 18.3 Å². The second-order valence-electron chi connectivity index (χ2n) is 3.54. The summed E-state index contributed by atoms with van der Waals surface area (Å²) >= 11 is 3.39. The van der Waals surface area contributed by atoms with Gasteiger partial charge in [0.2, 0.25) is 0 Å². The Hall–Kier alpha value is -1.01. The first-order chi connectivity index (χ1) is 6.72. The SMILES string of the molecule is COc1cc(C2(C#N)CC2)ccc1Br. The quantitative estimate of drug-likeness (QED) is 0.810. The zero-order valence-corrected chi connectivity index (χ0v) is 9.47. The second-order valence-corrected chi connectivity index (χ2v) is 4.40. The lowest BCUT2D eigenvalue weighted by Crippen LogP contribution is -2.02. The number of halogens is 1. The maximum absolute atomic E-state index is 9.04. The fourth-order valence-corrected chi connectivity index (χ4v) is 1.96. The van der Waals surface area contributed by atoms with Gasteiger partial charge in [0.1, 0.15) is 5.75 Å². The largest absolute Gasteiger partial charge is 0.496 e. The Balaban J connectivity index is 2.42. The molecule has 0 aromatic heterocycles. The monoisotopic (exact) mass is 251 g/mol. The first kappa shape index (κ1) is 9.54. The summed E-state index contributed by atoms with van der Waals surface area (Å²) in [5.74, 6) is 0.795. The topological polar surface area (TPSA) is 33.0 Å². The molecule has 0 N–H and O–H groups in total. The molecule has 1 saturated carbocycles. The minimum absolute atomic E-state index is 0.228. The van der Waals surface area contributed by atoms with E-state index in [1.54, 1.807) is 7.11 Å². The molecule has 3 heteroatoms. The van der Waals surface area contributed by atoms with Crippen LogP contribution >= 0.6 is 15.9 Å². The van der Waals surface area contributed by atoms with E-state index < -0.39 is 0 Å². The Morgan fingerprint density at radius 3 is 2.71 bits per heavy atom. The Labute approximate surface area is 91.6 Å². The first-order valence-electron chi connectivity index (χ1n) is 4.47. The molecule has 0 unspecified atom stereocenters. The number of benzene rings is 1. The van der Waals surface area contributed by atoms with Crippen LogP contribution in [0, 0.1) is 11.3 Å². The molecule has 0 atom stereocenters. The lowest BCUT2D eigenvalue weighted by Gasteiger charge is -2.09. The van der Waals surface area contributed by atoms with Gasteiger partial charge < -0.3 is 4.74 Å². The van der Waals surface area contributed by atoms with Gasteiger partial charge in [-0.15, -0.1) is 0 Å². The van der Waals surface area contributed by atoms with Crippen LogP contribution in [0.2, 0.25) is 0 Å². The molecule has 1 aromatic rings. The van der Waals surface area contributed by atoms with Crippen LogP contribution < -0.4 is 4.74 Å². The number of rotatable bonds is 2. The normalized spacial score (nSPS) is 17.2. The average Bonchev–Trinajstić information content (AvgIpc) is 2.99. The van der Waals surface area contributed by atoms with E-state index in [0.717, 1.165) is 28.6 Å². The molecule has 0 radical (unpaired) electrons. The summed E-state index contributed by atoms with van der Waals surface area (Å²) in [5.41, 5.74) is 0.841. The first-order valence-corrected chi connectivity index (χ1v) is 5.26. The molecule has 0 spiro atoms. The summed E-state index contributed by atoms with van der Waals surface area (Å²) in [6.45, 7) is 0. The van der Waals surface area contributed by atoms with Crippen molar-refractivity contribution >= 4 is 15.9 Å². The molecule has 0 bridgehead atoms. The van der Waals surface area contributed by atoms with E-state index in [4.69, 9.17) is 10.00 Å². The number of hydrogen-bond acceptors (Lipinski definition) is 2. The standard InChI is InChI=1S/C11H10BrNO/c1-14-10-6-8(2-3-9(10)12)11(7-13)4-5-11/h2-3,6H,4-5H2,1H3. The van der Waals surface area contributed by atoms with Gasteiger partial charge in [-0.05, 0) is 46.5 Å². The minimum Gasteiger partial charge on any atom is -0.496 e. The number of nitriles is 1. The van der Waals surface area contributed by atoms with Crippen molar-refractivity contribution in [2.75, 3.05) is 7.11 Å². The third-order valence-electron chi connectivity index (χ3n) is 2.67. The summed E-state index contributed by atoms with van der Waals surface area (Å²) in [6.07, 6.45) is 1.93. The Kier molecular flexibility index (Phi) is 2.24. The molecular weight excluding hydrogens is 242 g/mol. The van der Waals surface area contributed by atoms with Crippen molar-refractivity contribution in [2.24, 2.45) is 0 Å². The predicted molar refractivity (Wildman–Crippen MR) is 57.2 cm³/mol. The maximum Gasteiger partial charge on any atom is 0.133 e. The van der Waals surface area contributed by atoms with Crippen molar-refractivity contribution in [3.8, 4) is 11.8 Å². The minimum atomic E-state index is -0.228. The molecule has 0 amide bonds. The van der Waals surface area contributed by atoms with E-state index in [1.807, 2.05) is 18.2 Å². The molecular formula is C11H10BrNO. The molecule has 1 aliphatic carbocycles. The van der Waals surface area contributed by atoms with Gasteiger partial charge in [-0.25, -0.2) is 0 Å². The predicted octanol–water partition coefficient (Wildman–Crippen LogP) is 3.01. The molecule has 1 aromatic carbocycles. The van der Waals surface area contributed by atoms with Crippen molar-refractivity contribution in [3.05, 3.63) is 28.2 Å². The lowest BCUT2D eigenvalue weighted by atomic mass is 9.98. The highest BCUT2D eigenvalue weighted by atomic mass is 79.9. The molecule has 2 nitrogen and oxygen atoms in total. The summed E-state index contributed by atoms with van der Waals surface area (Å²) < 4.78 is 6.13. The maximum atomic E-state index is 9.04. The van der Waals surface area contributed by atoms with Gasteiger partial charge in [-0.3, -0.25) is 0 Å². The summed E-state index contributed by atoms with van der Waals surface area (Å²) in [6, 6.07) is 8.24. The van der Waals surface area contributed by atoms with Gasteiger partial charge in [0, 0.05) is 0 Å². The van der Waals surface area contributed by atoms with Crippen molar-refractivity contribution in [1.82, 2.24) is 0 Å². The summed E-state index contributed by atoms with van der Waals surface area (Å²) in [4.78, 5) is 0. The van der Waals surface area contributed by atoms with Gasteiger partial charge in [0.15, 0.2) is 0 Å². The summed E-state index contributed by atoms with van der Waals surface area (Å²) in [5, 5.41) is 9.04.